The molecule has 4 heterocycles. The molecule has 1 aliphatic heterocycles. The van der Waals surface area contributed by atoms with E-state index in [-0.39, 0.29) is 11.4 Å². The number of nitrogens with one attached hydrogen (secondary N) is 2. The van der Waals surface area contributed by atoms with E-state index in [0.29, 0.717) is 17.3 Å². The quantitative estimate of drug-likeness (QED) is 0.271. The Hall–Kier alpha value is -3.73. The molecule has 3 aromatic heterocycles. The molecule has 1 saturated heterocycles. The highest BCUT2D eigenvalue weighted by Crippen LogP contribution is 2.31. The molecule has 0 aliphatic carbocycles. The number of thiazole rings is 1. The van der Waals surface area contributed by atoms with Crippen LogP contribution in [-0.4, -0.2) is 58.3 Å². The summed E-state index contributed by atoms with van der Waals surface area (Å²) in [5.41, 5.74) is 4.89. The molecule has 39 heavy (non-hydrogen) atoms. The van der Waals surface area contributed by atoms with Crippen molar-refractivity contribution in [2.75, 3.05) is 43.5 Å². The molecule has 0 saturated carbocycles. The highest BCUT2D eigenvalue weighted by atomic mass is 32.1. The van der Waals surface area contributed by atoms with Gasteiger partial charge in [0, 0.05) is 48.6 Å². The molecule has 0 unspecified atom stereocenters. The topological polar surface area (TPSA) is 96.9 Å². The van der Waals surface area contributed by atoms with E-state index in [1.54, 1.807) is 17.4 Å². The first kappa shape index (κ1) is 25.5. The third-order valence-electron chi connectivity index (χ3n) is 6.91. The smallest absolute Gasteiger partial charge is 0.324 e. The monoisotopic (exact) mass is 544 g/mol. The lowest BCUT2D eigenvalue weighted by atomic mass is 9.93. The Balaban J connectivity index is 1.10. The van der Waals surface area contributed by atoms with Crippen LogP contribution in [0.4, 0.5) is 16.3 Å². The summed E-state index contributed by atoms with van der Waals surface area (Å²) in [5.74, 6) is 1.09. The number of hydrogen-bond acceptors (Lipinski definition) is 7. The van der Waals surface area contributed by atoms with E-state index >= 15 is 0 Å². The number of fused-ring (bicyclic) bond motifs is 3. The van der Waals surface area contributed by atoms with Gasteiger partial charge in [-0.3, -0.25) is 14.6 Å². The van der Waals surface area contributed by atoms with Crippen molar-refractivity contribution < 1.29 is 14.1 Å². The predicted octanol–water partition coefficient (Wildman–Crippen LogP) is 6.02. The highest BCUT2D eigenvalue weighted by Gasteiger charge is 2.20. The van der Waals surface area contributed by atoms with Gasteiger partial charge in [-0.1, -0.05) is 55.5 Å². The number of morpholine rings is 1. The van der Waals surface area contributed by atoms with Crippen LogP contribution in [0.15, 0.2) is 59.3 Å². The van der Waals surface area contributed by atoms with Gasteiger partial charge in [-0.25, -0.2) is 9.78 Å². The number of anilines is 2. The lowest BCUT2D eigenvalue weighted by Gasteiger charge is -2.26. The van der Waals surface area contributed by atoms with E-state index in [1.807, 2.05) is 45.0 Å². The van der Waals surface area contributed by atoms with Gasteiger partial charge in [0.2, 0.25) is 0 Å². The fourth-order valence-electron chi connectivity index (χ4n) is 4.64. The largest absolute Gasteiger partial charge is 0.379 e. The van der Waals surface area contributed by atoms with Gasteiger partial charge in [-0.05, 0) is 36.2 Å². The number of amides is 2. The summed E-state index contributed by atoms with van der Waals surface area (Å²) in [6.45, 7) is 10.8. The highest BCUT2D eigenvalue weighted by molar-refractivity contribution is 7.23. The second-order valence-electron chi connectivity index (χ2n) is 10.9. The second-order valence-corrected chi connectivity index (χ2v) is 11.9. The molecule has 2 N–H and O–H groups in total. The van der Waals surface area contributed by atoms with Crippen LogP contribution in [-0.2, 0) is 16.6 Å². The average Bonchev–Trinajstić information content (AvgIpc) is 3.63. The fourth-order valence-corrected chi connectivity index (χ4v) is 5.71. The summed E-state index contributed by atoms with van der Waals surface area (Å²) in [7, 11) is 0. The van der Waals surface area contributed by atoms with Crippen molar-refractivity contribution in [3.63, 3.8) is 0 Å². The van der Waals surface area contributed by atoms with Crippen molar-refractivity contribution in [3.8, 4) is 11.3 Å². The second kappa shape index (κ2) is 10.4. The molecule has 1 aliphatic rings. The summed E-state index contributed by atoms with van der Waals surface area (Å²) < 4.78 is 14.2. The van der Waals surface area contributed by atoms with Crippen LogP contribution < -0.4 is 10.6 Å². The first-order valence-corrected chi connectivity index (χ1v) is 14.0. The predicted molar refractivity (Wildman–Crippen MR) is 155 cm³/mol. The van der Waals surface area contributed by atoms with E-state index in [0.717, 1.165) is 55.5 Å². The molecule has 0 atom stereocenters. The zero-order valence-electron chi connectivity index (χ0n) is 22.4. The molecule has 2 aromatic carbocycles. The molecule has 0 radical (unpaired) electrons. The third kappa shape index (κ3) is 5.68. The van der Waals surface area contributed by atoms with Gasteiger partial charge < -0.3 is 14.6 Å². The first-order valence-electron chi connectivity index (χ1n) is 13.2. The van der Waals surface area contributed by atoms with Gasteiger partial charge in [0.1, 0.15) is 5.76 Å². The number of ether oxygens (including phenoxy) is 1. The van der Waals surface area contributed by atoms with Crippen LogP contribution in [0.3, 0.4) is 0 Å². The van der Waals surface area contributed by atoms with Crippen LogP contribution in [0.2, 0.25) is 0 Å². The van der Waals surface area contributed by atoms with Crippen molar-refractivity contribution in [1.82, 2.24) is 19.4 Å². The van der Waals surface area contributed by atoms with E-state index in [9.17, 15) is 4.79 Å². The van der Waals surface area contributed by atoms with Crippen LogP contribution in [0.25, 0.3) is 26.4 Å². The van der Waals surface area contributed by atoms with Crippen molar-refractivity contribution in [2.45, 2.75) is 32.6 Å². The van der Waals surface area contributed by atoms with Crippen LogP contribution in [0.1, 0.15) is 32.1 Å². The Labute approximate surface area is 230 Å². The SMILES string of the molecule is CC(C)(C)c1cc(NC(=O)Nc2ccc(-c3cn4c(n3)sc3cc(CCN5CCOCC5)ccc34)cc2)no1. The Morgan fingerprint density at radius 3 is 2.59 bits per heavy atom. The van der Waals surface area contributed by atoms with Crippen LogP contribution in [0, 0.1) is 0 Å². The lowest BCUT2D eigenvalue weighted by Crippen LogP contribution is -2.37. The molecule has 9 nitrogen and oxygen atoms in total. The van der Waals surface area contributed by atoms with E-state index in [4.69, 9.17) is 14.2 Å². The molecular formula is C29H32N6O3S. The fraction of sp³-hybridized carbons (Fsp3) is 0.345. The molecule has 202 valence electrons. The summed E-state index contributed by atoms with van der Waals surface area (Å²) in [6.07, 6.45) is 3.12. The zero-order chi connectivity index (χ0) is 27.0. The summed E-state index contributed by atoms with van der Waals surface area (Å²) in [6, 6.07) is 15.7. The zero-order valence-corrected chi connectivity index (χ0v) is 23.2. The third-order valence-corrected chi connectivity index (χ3v) is 7.93. The molecule has 2 amide bonds. The molecule has 6 rings (SSSR count). The Bertz CT molecular complexity index is 1610. The standard InChI is InChI=1S/C29H32N6O3S/c1-29(2,3)25-17-26(33-38-25)32-27(36)30-21-7-5-20(6-8-21)22-18-35-23-9-4-19(16-24(23)39-28(35)31-22)10-11-34-12-14-37-15-13-34/h4-9,16-18H,10-15H2,1-3H3,(H2,30,32,33,36). The number of urea groups is 1. The Morgan fingerprint density at radius 2 is 1.85 bits per heavy atom. The van der Waals surface area contributed by atoms with Gasteiger partial charge in [-0.15, -0.1) is 0 Å². The van der Waals surface area contributed by atoms with Crippen LogP contribution in [0.5, 0.6) is 0 Å². The van der Waals surface area contributed by atoms with Gasteiger partial charge in [0.15, 0.2) is 10.8 Å². The average molecular weight is 545 g/mol. The van der Waals surface area contributed by atoms with Crippen molar-refractivity contribution >= 4 is 44.1 Å². The first-order chi connectivity index (χ1) is 18.8. The minimum absolute atomic E-state index is 0.181. The summed E-state index contributed by atoms with van der Waals surface area (Å²) in [4.78, 5) is 20.7. The number of hydrogen-bond donors (Lipinski definition) is 2. The summed E-state index contributed by atoms with van der Waals surface area (Å²) in [5, 5.41) is 9.47. The van der Waals surface area contributed by atoms with Crippen molar-refractivity contribution in [2.24, 2.45) is 0 Å². The Kier molecular flexibility index (Phi) is 6.84. The van der Waals surface area contributed by atoms with Crippen molar-refractivity contribution in [1.29, 1.82) is 0 Å². The van der Waals surface area contributed by atoms with Gasteiger partial charge in [0.25, 0.3) is 0 Å². The minimum atomic E-state index is -0.380. The maximum absolute atomic E-state index is 12.4. The Morgan fingerprint density at radius 1 is 1.05 bits per heavy atom. The number of carbonyl (C=O) groups is 1. The number of nitrogens with zero attached hydrogens (tertiary/aromatic N) is 4. The molecule has 1 fully saturated rings. The lowest BCUT2D eigenvalue weighted by molar-refractivity contribution is 0.0384. The number of rotatable bonds is 6. The maximum Gasteiger partial charge on any atom is 0.324 e. The number of imidazole rings is 1. The van der Waals surface area contributed by atoms with E-state index in [1.165, 1.54) is 15.8 Å². The van der Waals surface area contributed by atoms with E-state index in [2.05, 4.69) is 49.5 Å². The van der Waals surface area contributed by atoms with E-state index < -0.39 is 0 Å². The number of carbonyl (C=O) groups excluding carboxylic acids is 1. The minimum Gasteiger partial charge on any atom is -0.379 e. The molecule has 0 bridgehead atoms. The number of benzene rings is 2. The normalized spacial score (nSPS) is 14.7. The molecule has 5 aromatic rings. The van der Waals surface area contributed by atoms with Crippen molar-refractivity contribution in [3.05, 3.63) is 66.1 Å². The molecular weight excluding hydrogens is 512 g/mol. The number of aromatic nitrogens is 3. The summed E-state index contributed by atoms with van der Waals surface area (Å²) >= 11 is 1.71. The molecule has 0 spiro atoms. The molecule has 10 heteroatoms. The van der Waals surface area contributed by atoms with Gasteiger partial charge in [0.05, 0.1) is 29.1 Å². The van der Waals surface area contributed by atoms with Gasteiger partial charge >= 0.3 is 6.03 Å². The van der Waals surface area contributed by atoms with Crippen LogP contribution >= 0.6 is 11.3 Å². The van der Waals surface area contributed by atoms with Gasteiger partial charge in [-0.2, -0.15) is 0 Å². The maximum atomic E-state index is 12.4.